The Kier molecular flexibility index (Phi) is 8.08. The lowest BCUT2D eigenvalue weighted by Crippen LogP contribution is -2.38. The number of hydrogen-bond donors (Lipinski definition) is 0. The summed E-state index contributed by atoms with van der Waals surface area (Å²) in [4.78, 5) is 15.4. The molecule has 2 aromatic heterocycles. The van der Waals surface area contributed by atoms with E-state index in [1.54, 1.807) is 12.3 Å². The van der Waals surface area contributed by atoms with Crippen LogP contribution >= 0.6 is 0 Å². The molecule has 0 amide bonds. The average molecular weight is 814 g/mol. The SMILES string of the molecule is O=S1(=O)c2ccccc2C2(c3ccccc3-c3ccccc3-c3ccc(-c4cc(-c5ccc(-c6cccnc6)cc5)nc(-c5ccccc5)n4)cc32)c2ccc3ccccc3c21. The van der Waals surface area contributed by atoms with Gasteiger partial charge in [-0.15, -0.1) is 0 Å². The molecule has 0 N–H and O–H groups in total. The Balaban J connectivity index is 1.18. The highest BCUT2D eigenvalue weighted by molar-refractivity contribution is 7.92. The molecule has 5 nitrogen and oxygen atoms in total. The van der Waals surface area contributed by atoms with Crippen LogP contribution < -0.4 is 0 Å². The first-order valence-electron chi connectivity index (χ1n) is 20.7. The summed E-state index contributed by atoms with van der Waals surface area (Å²) in [6, 6.07) is 67.8. The molecule has 1 unspecified atom stereocenters. The van der Waals surface area contributed by atoms with Crippen LogP contribution in [0.25, 0.3) is 78.1 Å². The highest BCUT2D eigenvalue weighted by Crippen LogP contribution is 2.60. The molecule has 1 aliphatic carbocycles. The number of benzene rings is 8. The van der Waals surface area contributed by atoms with E-state index in [-0.39, 0.29) is 0 Å². The fourth-order valence-electron chi connectivity index (χ4n) is 9.89. The fraction of sp³-hybridized carbons (Fsp3) is 0.0179. The molecule has 0 saturated heterocycles. The van der Waals surface area contributed by atoms with Crippen molar-refractivity contribution >= 4 is 20.6 Å². The topological polar surface area (TPSA) is 72.8 Å². The van der Waals surface area contributed by atoms with Crippen molar-refractivity contribution < 1.29 is 8.42 Å². The zero-order chi connectivity index (χ0) is 41.4. The summed E-state index contributed by atoms with van der Waals surface area (Å²) in [6.45, 7) is 0. The Morgan fingerprint density at radius 2 is 1.02 bits per heavy atom. The van der Waals surface area contributed by atoms with Crippen molar-refractivity contribution in [2.75, 3.05) is 0 Å². The Hall–Kier alpha value is -7.80. The smallest absolute Gasteiger partial charge is 0.207 e. The highest BCUT2D eigenvalue weighted by Gasteiger charge is 2.52. The van der Waals surface area contributed by atoms with E-state index >= 15 is 8.42 Å². The standard InChI is InChI=1S/C56H35N3O2S/c60-62(61)53-23-11-10-22-48(53)56(49-31-29-37-13-4-5-17-42(37)54(49)62)47-21-9-8-20-45(47)43-18-6-7-19-44(43)46-30-28-40(33-50(46)56)52-34-51(58-55(59-52)39-14-2-1-3-15-39)38-26-24-36(25-27-38)41-16-12-32-57-35-41/h1-35H. The minimum Gasteiger partial charge on any atom is -0.264 e. The molecule has 292 valence electrons. The van der Waals surface area contributed by atoms with Gasteiger partial charge >= 0.3 is 0 Å². The number of fused-ring (bicyclic) bond motifs is 13. The Bertz CT molecular complexity index is 3530. The van der Waals surface area contributed by atoms with Crippen molar-refractivity contribution in [2.45, 2.75) is 15.2 Å². The van der Waals surface area contributed by atoms with Gasteiger partial charge in [-0.2, -0.15) is 0 Å². The van der Waals surface area contributed by atoms with Crippen molar-refractivity contribution in [1.29, 1.82) is 0 Å². The van der Waals surface area contributed by atoms with Crippen molar-refractivity contribution in [2.24, 2.45) is 0 Å². The number of aromatic nitrogens is 3. The minimum absolute atomic E-state index is 0.311. The van der Waals surface area contributed by atoms with Gasteiger partial charge in [-0.1, -0.05) is 176 Å². The van der Waals surface area contributed by atoms with E-state index < -0.39 is 15.3 Å². The second kappa shape index (κ2) is 13.9. The molecular weight excluding hydrogens is 779 g/mol. The molecule has 0 radical (unpaired) electrons. The van der Waals surface area contributed by atoms with Crippen LogP contribution in [0.1, 0.15) is 22.3 Å². The van der Waals surface area contributed by atoms with Gasteiger partial charge in [-0.25, -0.2) is 18.4 Å². The predicted octanol–water partition coefficient (Wildman–Crippen LogP) is 12.9. The van der Waals surface area contributed by atoms with Crippen LogP contribution in [-0.4, -0.2) is 23.4 Å². The molecule has 2 aliphatic rings. The molecule has 0 fully saturated rings. The Morgan fingerprint density at radius 3 is 1.79 bits per heavy atom. The van der Waals surface area contributed by atoms with Crippen LogP contribution in [0, 0.1) is 0 Å². The number of hydrogen-bond acceptors (Lipinski definition) is 5. The summed E-state index contributed by atoms with van der Waals surface area (Å²) in [6.07, 6.45) is 3.65. The van der Waals surface area contributed by atoms with Crippen LogP contribution in [0.5, 0.6) is 0 Å². The molecule has 6 heteroatoms. The van der Waals surface area contributed by atoms with Gasteiger partial charge in [-0.05, 0) is 85.3 Å². The third kappa shape index (κ3) is 5.33. The van der Waals surface area contributed by atoms with Crippen molar-refractivity contribution in [3.8, 4) is 67.3 Å². The molecule has 1 atom stereocenters. The van der Waals surface area contributed by atoms with E-state index in [0.717, 1.165) is 89.1 Å². The van der Waals surface area contributed by atoms with Crippen LogP contribution in [-0.2, 0) is 15.3 Å². The highest BCUT2D eigenvalue weighted by atomic mass is 32.2. The van der Waals surface area contributed by atoms with Gasteiger partial charge in [0.1, 0.15) is 0 Å². The zero-order valence-electron chi connectivity index (χ0n) is 33.3. The lowest BCUT2D eigenvalue weighted by molar-refractivity contribution is 0.581. The quantitative estimate of drug-likeness (QED) is 0.177. The predicted molar refractivity (Wildman–Crippen MR) is 247 cm³/mol. The third-order valence-electron chi connectivity index (χ3n) is 12.6. The Labute approximate surface area is 359 Å². The van der Waals surface area contributed by atoms with E-state index in [9.17, 15) is 0 Å². The van der Waals surface area contributed by atoms with Gasteiger partial charge in [-0.3, -0.25) is 4.98 Å². The van der Waals surface area contributed by atoms with Crippen LogP contribution in [0.4, 0.5) is 0 Å². The Morgan fingerprint density at radius 1 is 0.403 bits per heavy atom. The van der Waals surface area contributed by atoms with Crippen molar-refractivity contribution in [3.63, 3.8) is 0 Å². The average Bonchev–Trinajstić information content (AvgIpc) is 3.45. The lowest BCUT2D eigenvalue weighted by atomic mass is 9.62. The molecule has 1 spiro atoms. The first-order chi connectivity index (χ1) is 30.5. The van der Waals surface area contributed by atoms with E-state index in [1.165, 1.54) is 0 Å². The summed E-state index contributed by atoms with van der Waals surface area (Å²) in [5.41, 5.74) is 13.1. The maximum Gasteiger partial charge on any atom is 0.207 e. The van der Waals surface area contributed by atoms with E-state index in [1.807, 2.05) is 85.1 Å². The van der Waals surface area contributed by atoms with Gasteiger partial charge in [0.2, 0.25) is 9.84 Å². The normalized spacial score (nSPS) is 15.4. The maximum absolute atomic E-state index is 15.2. The molecule has 10 aromatic rings. The second-order valence-electron chi connectivity index (χ2n) is 15.9. The molecule has 12 rings (SSSR count). The molecular formula is C56H35N3O2S. The van der Waals surface area contributed by atoms with Crippen molar-refractivity contribution in [3.05, 3.63) is 235 Å². The van der Waals surface area contributed by atoms with Gasteiger partial charge in [0, 0.05) is 34.5 Å². The van der Waals surface area contributed by atoms with E-state index in [4.69, 9.17) is 9.97 Å². The zero-order valence-corrected chi connectivity index (χ0v) is 34.1. The summed E-state index contributed by atoms with van der Waals surface area (Å²) in [5.74, 6) is 0.612. The van der Waals surface area contributed by atoms with Crippen LogP contribution in [0.2, 0.25) is 0 Å². The van der Waals surface area contributed by atoms with Gasteiger partial charge in [0.25, 0.3) is 0 Å². The van der Waals surface area contributed by atoms with Gasteiger partial charge < -0.3 is 0 Å². The second-order valence-corrected chi connectivity index (χ2v) is 17.8. The third-order valence-corrected chi connectivity index (χ3v) is 14.5. The number of pyridine rings is 1. The van der Waals surface area contributed by atoms with E-state index in [0.29, 0.717) is 21.0 Å². The van der Waals surface area contributed by atoms with Crippen LogP contribution in [0.3, 0.4) is 0 Å². The molecule has 3 heterocycles. The van der Waals surface area contributed by atoms with Gasteiger partial charge in [0.15, 0.2) is 5.82 Å². The number of sulfone groups is 1. The number of rotatable bonds is 4. The first-order valence-corrected chi connectivity index (χ1v) is 22.1. The summed E-state index contributed by atoms with van der Waals surface area (Å²) in [7, 11) is -3.97. The summed E-state index contributed by atoms with van der Waals surface area (Å²) in [5, 5.41) is 1.58. The van der Waals surface area contributed by atoms with E-state index in [2.05, 4.69) is 120 Å². The minimum atomic E-state index is -3.97. The summed E-state index contributed by atoms with van der Waals surface area (Å²) < 4.78 is 30.4. The van der Waals surface area contributed by atoms with Crippen molar-refractivity contribution in [1.82, 2.24) is 15.0 Å². The summed E-state index contributed by atoms with van der Waals surface area (Å²) >= 11 is 0. The van der Waals surface area contributed by atoms with Gasteiger partial charge in [0.05, 0.1) is 26.6 Å². The fourth-order valence-corrected chi connectivity index (χ4v) is 11.9. The monoisotopic (exact) mass is 813 g/mol. The molecule has 1 aliphatic heterocycles. The molecule has 62 heavy (non-hydrogen) atoms. The van der Waals surface area contributed by atoms with Crippen LogP contribution in [0.15, 0.2) is 222 Å². The first kappa shape index (κ1) is 36.1. The lowest BCUT2D eigenvalue weighted by Gasteiger charge is -2.43. The molecule has 0 saturated carbocycles. The maximum atomic E-state index is 15.2. The molecule has 0 bridgehead atoms. The largest absolute Gasteiger partial charge is 0.264 e. The number of nitrogens with zero attached hydrogens (tertiary/aromatic N) is 3. The molecule has 8 aromatic carbocycles.